The molecule has 1 aliphatic heterocycles. The summed E-state index contributed by atoms with van der Waals surface area (Å²) in [6, 6.07) is 2.20. The molecule has 0 saturated carbocycles. The molecule has 0 radical (unpaired) electrons. The number of hydrogen-bond acceptors (Lipinski definition) is 7. The van der Waals surface area contributed by atoms with Crippen molar-refractivity contribution in [2.24, 2.45) is 0 Å². The fourth-order valence-electron chi connectivity index (χ4n) is 2.64. The molecule has 0 saturated heterocycles. The summed E-state index contributed by atoms with van der Waals surface area (Å²) < 4.78 is 12.9. The highest BCUT2D eigenvalue weighted by atomic mass is 16.4. The molecular formula is C14H16N6O2. The monoisotopic (exact) mass is 300 g/mol. The van der Waals surface area contributed by atoms with E-state index in [1.165, 1.54) is 0 Å². The molecule has 8 nitrogen and oxygen atoms in total. The van der Waals surface area contributed by atoms with E-state index in [1.807, 2.05) is 17.7 Å². The predicted octanol–water partition coefficient (Wildman–Crippen LogP) is 1.33. The van der Waals surface area contributed by atoms with Gasteiger partial charge in [-0.2, -0.15) is 5.10 Å². The molecule has 114 valence electrons. The van der Waals surface area contributed by atoms with E-state index >= 15 is 0 Å². The van der Waals surface area contributed by atoms with E-state index in [-0.39, 0.29) is 0 Å². The summed E-state index contributed by atoms with van der Waals surface area (Å²) in [5, 5.41) is 15.7. The Bertz CT molecular complexity index is 774. The Morgan fingerprint density at radius 1 is 1.41 bits per heavy atom. The Kier molecular flexibility index (Phi) is 3.23. The first-order chi connectivity index (χ1) is 10.8. The molecule has 1 atom stereocenters. The maximum Gasteiger partial charge on any atom is 0.283 e. The second-order valence-electron chi connectivity index (χ2n) is 5.41. The number of furan rings is 1. The molecule has 0 fully saturated rings. The highest BCUT2D eigenvalue weighted by Gasteiger charge is 2.20. The van der Waals surface area contributed by atoms with Crippen LogP contribution in [0, 0.1) is 6.92 Å². The van der Waals surface area contributed by atoms with Gasteiger partial charge < -0.3 is 14.2 Å². The fourth-order valence-corrected chi connectivity index (χ4v) is 2.64. The van der Waals surface area contributed by atoms with Gasteiger partial charge >= 0.3 is 0 Å². The Morgan fingerprint density at radius 3 is 3.23 bits per heavy atom. The number of rotatable bonds is 4. The van der Waals surface area contributed by atoms with Crippen LogP contribution in [-0.2, 0) is 19.5 Å². The largest absolute Gasteiger partial charge is 0.459 e. The van der Waals surface area contributed by atoms with Gasteiger partial charge in [-0.1, -0.05) is 0 Å². The summed E-state index contributed by atoms with van der Waals surface area (Å²) in [4.78, 5) is 4.22. The molecule has 8 heteroatoms. The van der Waals surface area contributed by atoms with Crippen molar-refractivity contribution in [3.63, 3.8) is 0 Å². The van der Waals surface area contributed by atoms with Crippen LogP contribution in [0.2, 0.25) is 0 Å². The van der Waals surface area contributed by atoms with E-state index in [4.69, 9.17) is 8.83 Å². The average molecular weight is 300 g/mol. The van der Waals surface area contributed by atoms with Crippen molar-refractivity contribution in [1.82, 2.24) is 30.3 Å². The van der Waals surface area contributed by atoms with Crippen molar-refractivity contribution in [3.05, 3.63) is 35.9 Å². The highest BCUT2D eigenvalue weighted by molar-refractivity contribution is 5.49. The van der Waals surface area contributed by atoms with E-state index in [9.17, 15) is 0 Å². The Hall–Kier alpha value is -2.48. The molecule has 3 aromatic rings. The second kappa shape index (κ2) is 5.38. The molecule has 0 unspecified atom stereocenters. The number of nitrogens with zero attached hydrogens (tertiary/aromatic N) is 5. The molecule has 22 heavy (non-hydrogen) atoms. The van der Waals surface area contributed by atoms with Crippen molar-refractivity contribution >= 4 is 0 Å². The van der Waals surface area contributed by atoms with Gasteiger partial charge in [-0.05, 0) is 19.4 Å². The zero-order valence-electron chi connectivity index (χ0n) is 12.2. The first-order valence-corrected chi connectivity index (χ1v) is 7.26. The average Bonchev–Trinajstić information content (AvgIpc) is 3.24. The number of hydrogen-bond donors (Lipinski definition) is 1. The van der Waals surface area contributed by atoms with E-state index in [0.717, 1.165) is 30.8 Å². The zero-order valence-corrected chi connectivity index (χ0v) is 12.2. The van der Waals surface area contributed by atoms with Gasteiger partial charge in [0.05, 0.1) is 19.4 Å². The number of nitrogens with one attached hydrogen (secondary N) is 1. The number of aromatic nitrogens is 5. The van der Waals surface area contributed by atoms with Crippen LogP contribution in [0.3, 0.4) is 0 Å². The van der Waals surface area contributed by atoms with Gasteiger partial charge in [0.15, 0.2) is 5.76 Å². The van der Waals surface area contributed by atoms with Crippen LogP contribution in [0.1, 0.15) is 23.7 Å². The highest BCUT2D eigenvalue weighted by Crippen LogP contribution is 2.22. The van der Waals surface area contributed by atoms with Gasteiger partial charge in [0.25, 0.3) is 5.89 Å². The van der Waals surface area contributed by atoms with Crippen molar-refractivity contribution in [2.45, 2.75) is 38.9 Å². The van der Waals surface area contributed by atoms with E-state index in [2.05, 4.69) is 25.6 Å². The lowest BCUT2D eigenvalue weighted by molar-refractivity contribution is 0.341. The molecule has 4 rings (SSSR count). The topological polar surface area (TPSA) is 94.8 Å². The normalized spacial score (nSPS) is 17.6. The minimum atomic E-state index is 0.329. The standard InChI is InChI=1S/C14H16N6O2/c1-9-4-5-21-13(9)14-19-18-12(22-14)6-15-10-2-3-11-16-8-17-20(11)7-10/h4-5,8,10,15H,2-3,6-7H2,1H3/t10-/m0/s1. The lowest BCUT2D eigenvalue weighted by Gasteiger charge is -2.22. The third-order valence-corrected chi connectivity index (χ3v) is 3.87. The Morgan fingerprint density at radius 2 is 2.36 bits per heavy atom. The quantitative estimate of drug-likeness (QED) is 0.776. The second-order valence-corrected chi connectivity index (χ2v) is 5.41. The molecule has 3 aromatic heterocycles. The van der Waals surface area contributed by atoms with Crippen LogP contribution in [0.25, 0.3) is 11.7 Å². The van der Waals surface area contributed by atoms with Crippen molar-refractivity contribution < 1.29 is 8.83 Å². The van der Waals surface area contributed by atoms with Crippen LogP contribution in [-0.4, -0.2) is 31.0 Å². The van der Waals surface area contributed by atoms with Crippen LogP contribution in [0.4, 0.5) is 0 Å². The third-order valence-electron chi connectivity index (χ3n) is 3.87. The van der Waals surface area contributed by atoms with Crippen molar-refractivity contribution in [3.8, 4) is 11.7 Å². The van der Waals surface area contributed by atoms with Crippen LogP contribution < -0.4 is 5.32 Å². The van der Waals surface area contributed by atoms with E-state index in [1.54, 1.807) is 12.6 Å². The summed E-state index contributed by atoms with van der Waals surface area (Å²) in [5.41, 5.74) is 0.981. The van der Waals surface area contributed by atoms with Crippen LogP contribution >= 0.6 is 0 Å². The molecular weight excluding hydrogens is 284 g/mol. The SMILES string of the molecule is Cc1ccoc1-c1nnc(CN[C@H]2CCc3ncnn3C2)o1. The molecule has 0 amide bonds. The van der Waals surface area contributed by atoms with Crippen molar-refractivity contribution in [2.75, 3.05) is 0 Å². The van der Waals surface area contributed by atoms with Gasteiger partial charge in [-0.3, -0.25) is 0 Å². The maximum atomic E-state index is 5.64. The first kappa shape index (κ1) is 13.2. The van der Waals surface area contributed by atoms with Gasteiger partial charge in [0.2, 0.25) is 5.89 Å². The lowest BCUT2D eigenvalue weighted by atomic mass is 10.1. The zero-order chi connectivity index (χ0) is 14.9. The van der Waals surface area contributed by atoms with Crippen molar-refractivity contribution in [1.29, 1.82) is 0 Å². The van der Waals surface area contributed by atoms with Gasteiger partial charge in [0.1, 0.15) is 12.2 Å². The summed E-state index contributed by atoms with van der Waals surface area (Å²) in [6.07, 6.45) is 5.17. The lowest BCUT2D eigenvalue weighted by Crippen LogP contribution is -2.37. The first-order valence-electron chi connectivity index (χ1n) is 7.26. The minimum Gasteiger partial charge on any atom is -0.459 e. The van der Waals surface area contributed by atoms with Gasteiger partial charge in [-0.25, -0.2) is 9.67 Å². The Labute approximate surface area is 126 Å². The number of aryl methyl sites for hydroxylation is 2. The molecule has 0 aliphatic carbocycles. The van der Waals surface area contributed by atoms with Gasteiger partial charge in [0, 0.05) is 18.0 Å². The summed E-state index contributed by atoms with van der Waals surface area (Å²) >= 11 is 0. The molecule has 0 aromatic carbocycles. The van der Waals surface area contributed by atoms with E-state index in [0.29, 0.717) is 30.1 Å². The van der Waals surface area contributed by atoms with E-state index < -0.39 is 0 Å². The molecule has 4 heterocycles. The summed E-state index contributed by atoms with van der Waals surface area (Å²) in [6.45, 7) is 3.29. The molecule has 1 aliphatic rings. The van der Waals surface area contributed by atoms with Gasteiger partial charge in [-0.15, -0.1) is 10.2 Å². The summed E-state index contributed by atoms with van der Waals surface area (Å²) in [7, 11) is 0. The fraction of sp³-hybridized carbons (Fsp3) is 0.429. The predicted molar refractivity (Wildman–Crippen MR) is 75.7 cm³/mol. The molecule has 0 bridgehead atoms. The minimum absolute atomic E-state index is 0.329. The van der Waals surface area contributed by atoms with Crippen LogP contribution in [0.15, 0.2) is 27.5 Å². The van der Waals surface area contributed by atoms with Crippen LogP contribution in [0.5, 0.6) is 0 Å². The molecule has 0 spiro atoms. The number of fused-ring (bicyclic) bond motifs is 1. The Balaban J connectivity index is 1.39. The summed E-state index contributed by atoms with van der Waals surface area (Å²) in [5.74, 6) is 2.65. The maximum absolute atomic E-state index is 5.64. The third kappa shape index (κ3) is 2.41. The smallest absolute Gasteiger partial charge is 0.283 e. The molecule has 1 N–H and O–H groups in total.